The van der Waals surface area contributed by atoms with Gasteiger partial charge < -0.3 is 10.2 Å². The van der Waals surface area contributed by atoms with Crippen LogP contribution in [0.5, 0.6) is 0 Å². The quantitative estimate of drug-likeness (QED) is 0.698. The molecule has 0 aromatic carbocycles. The first-order chi connectivity index (χ1) is 7.56. The first-order valence-corrected chi connectivity index (χ1v) is 6.17. The van der Waals surface area contributed by atoms with Gasteiger partial charge in [0, 0.05) is 32.0 Å². The lowest BCUT2D eigenvalue weighted by Gasteiger charge is -2.28. The molecule has 0 bridgehead atoms. The number of aliphatic hydroxyl groups is 2. The van der Waals surface area contributed by atoms with Gasteiger partial charge in [-0.1, -0.05) is 6.92 Å². The molecule has 2 fully saturated rings. The van der Waals surface area contributed by atoms with Crippen molar-refractivity contribution in [2.45, 2.75) is 38.4 Å². The van der Waals surface area contributed by atoms with Crippen LogP contribution >= 0.6 is 0 Å². The molecular formula is C12H21NO3. The fraction of sp³-hybridized carbons (Fsp3) is 0.917. The molecule has 2 aliphatic rings. The maximum absolute atomic E-state index is 11.7. The van der Waals surface area contributed by atoms with Crippen LogP contribution in [0.4, 0.5) is 0 Å². The molecule has 1 aliphatic heterocycles. The monoisotopic (exact) mass is 227 g/mol. The molecule has 0 aromatic heterocycles. The zero-order valence-corrected chi connectivity index (χ0v) is 9.80. The maximum Gasteiger partial charge on any atom is 0.137 e. The summed E-state index contributed by atoms with van der Waals surface area (Å²) in [5.41, 5.74) is 0. The molecule has 0 amide bonds. The number of nitrogens with zero attached hydrogens (tertiary/aromatic N) is 1. The smallest absolute Gasteiger partial charge is 0.137 e. The maximum atomic E-state index is 11.7. The van der Waals surface area contributed by atoms with Crippen LogP contribution in [-0.2, 0) is 4.79 Å². The lowest BCUT2D eigenvalue weighted by Crippen LogP contribution is -2.35. The lowest BCUT2D eigenvalue weighted by molar-refractivity contribution is -0.126. The molecule has 1 aliphatic carbocycles. The Kier molecular flexibility index (Phi) is 3.62. The summed E-state index contributed by atoms with van der Waals surface area (Å²) in [6.45, 7) is 3.89. The third kappa shape index (κ3) is 2.62. The Morgan fingerprint density at radius 3 is 2.56 bits per heavy atom. The van der Waals surface area contributed by atoms with Gasteiger partial charge in [-0.25, -0.2) is 0 Å². The highest BCUT2D eigenvalue weighted by atomic mass is 16.3. The number of likely N-dealkylation sites (tertiary alicyclic amines) is 1. The van der Waals surface area contributed by atoms with Gasteiger partial charge in [0.05, 0.1) is 12.2 Å². The number of β-amino-alcohol motifs (C(OH)–C–C–N with tert-alkyl or cyclic N) is 2. The number of hydrogen-bond acceptors (Lipinski definition) is 4. The second kappa shape index (κ2) is 4.82. The molecule has 4 nitrogen and oxygen atoms in total. The highest BCUT2D eigenvalue weighted by molar-refractivity contribution is 5.81. The van der Waals surface area contributed by atoms with Crippen molar-refractivity contribution in [1.82, 2.24) is 4.90 Å². The van der Waals surface area contributed by atoms with Gasteiger partial charge in [-0.15, -0.1) is 0 Å². The second-order valence-electron chi connectivity index (χ2n) is 5.40. The second-order valence-corrected chi connectivity index (χ2v) is 5.40. The largest absolute Gasteiger partial charge is 0.389 e. The van der Waals surface area contributed by atoms with Crippen LogP contribution in [0, 0.1) is 11.8 Å². The highest BCUT2D eigenvalue weighted by Crippen LogP contribution is 2.27. The molecule has 4 heteroatoms. The number of ketones is 1. The third-order valence-electron chi connectivity index (χ3n) is 3.84. The summed E-state index contributed by atoms with van der Waals surface area (Å²) in [7, 11) is 0. The summed E-state index contributed by atoms with van der Waals surface area (Å²) in [6.07, 6.45) is 1.39. The molecule has 1 saturated carbocycles. The summed E-state index contributed by atoms with van der Waals surface area (Å²) in [5.74, 6) is 1.09. The van der Waals surface area contributed by atoms with Crippen LogP contribution in [0.15, 0.2) is 0 Å². The van der Waals surface area contributed by atoms with E-state index in [1.54, 1.807) is 0 Å². The number of Topliss-reactive ketones (excluding diaryl/α,β-unsaturated/α-hetero) is 1. The van der Waals surface area contributed by atoms with Crippen molar-refractivity contribution < 1.29 is 15.0 Å². The summed E-state index contributed by atoms with van der Waals surface area (Å²) >= 11 is 0. The Morgan fingerprint density at radius 2 is 1.94 bits per heavy atom. The van der Waals surface area contributed by atoms with Gasteiger partial charge >= 0.3 is 0 Å². The highest BCUT2D eigenvalue weighted by Gasteiger charge is 2.34. The van der Waals surface area contributed by atoms with E-state index >= 15 is 0 Å². The summed E-state index contributed by atoms with van der Waals surface area (Å²) < 4.78 is 0. The van der Waals surface area contributed by atoms with Crippen LogP contribution in [0.25, 0.3) is 0 Å². The van der Waals surface area contributed by atoms with Crippen molar-refractivity contribution >= 4 is 5.78 Å². The number of aliphatic hydroxyl groups excluding tert-OH is 2. The van der Waals surface area contributed by atoms with Gasteiger partial charge in [-0.05, 0) is 18.8 Å². The number of rotatable bonds is 2. The number of carbonyl (C=O) groups is 1. The van der Waals surface area contributed by atoms with Gasteiger partial charge in [0.25, 0.3) is 0 Å². The molecule has 0 aromatic rings. The SMILES string of the molecule is CC1CCC(=O)C(CN2CC(O)C(O)C2)C1. The van der Waals surface area contributed by atoms with Crippen molar-refractivity contribution in [1.29, 1.82) is 0 Å². The van der Waals surface area contributed by atoms with Gasteiger partial charge in [-0.3, -0.25) is 9.69 Å². The molecule has 4 atom stereocenters. The van der Waals surface area contributed by atoms with Gasteiger partial charge in [-0.2, -0.15) is 0 Å². The van der Waals surface area contributed by atoms with Crippen molar-refractivity contribution in [2.24, 2.45) is 11.8 Å². The Bertz CT molecular complexity index is 259. The van der Waals surface area contributed by atoms with Crippen LogP contribution in [-0.4, -0.2) is 52.7 Å². The van der Waals surface area contributed by atoms with E-state index in [0.29, 0.717) is 37.8 Å². The molecule has 16 heavy (non-hydrogen) atoms. The molecule has 92 valence electrons. The molecule has 2 N–H and O–H groups in total. The normalized spacial score (nSPS) is 41.6. The Hall–Kier alpha value is -0.450. The summed E-state index contributed by atoms with van der Waals surface area (Å²) in [6, 6.07) is 0. The fourth-order valence-corrected chi connectivity index (χ4v) is 2.81. The standard InChI is InChI=1S/C12H21NO3/c1-8-2-3-10(14)9(4-8)5-13-6-11(15)12(16)7-13/h8-9,11-12,15-16H,2-7H2,1H3. The first kappa shape index (κ1) is 12.0. The van der Waals surface area contributed by atoms with Crippen LogP contribution in [0.1, 0.15) is 26.2 Å². The first-order valence-electron chi connectivity index (χ1n) is 6.17. The van der Waals surface area contributed by atoms with Crippen molar-refractivity contribution in [3.8, 4) is 0 Å². The molecule has 4 unspecified atom stereocenters. The Morgan fingerprint density at radius 1 is 1.31 bits per heavy atom. The van der Waals surface area contributed by atoms with Crippen molar-refractivity contribution in [2.75, 3.05) is 19.6 Å². The number of hydrogen-bond donors (Lipinski definition) is 2. The van der Waals surface area contributed by atoms with Crippen molar-refractivity contribution in [3.63, 3.8) is 0 Å². The summed E-state index contributed by atoms with van der Waals surface area (Å²) in [4.78, 5) is 13.7. The molecule has 2 rings (SSSR count). The average molecular weight is 227 g/mol. The summed E-state index contributed by atoms with van der Waals surface area (Å²) in [5, 5.41) is 18.9. The zero-order valence-electron chi connectivity index (χ0n) is 9.80. The van der Waals surface area contributed by atoms with Gasteiger partial charge in [0.2, 0.25) is 0 Å². The van der Waals surface area contributed by atoms with Gasteiger partial charge in [0.15, 0.2) is 0 Å². The predicted molar refractivity (Wildman–Crippen MR) is 60.0 cm³/mol. The minimum Gasteiger partial charge on any atom is -0.389 e. The van der Waals surface area contributed by atoms with E-state index in [1.807, 2.05) is 4.90 Å². The van der Waals surface area contributed by atoms with Crippen LogP contribution < -0.4 is 0 Å². The topological polar surface area (TPSA) is 60.8 Å². The van der Waals surface area contributed by atoms with Crippen molar-refractivity contribution in [3.05, 3.63) is 0 Å². The minimum absolute atomic E-state index is 0.112. The molecule has 0 radical (unpaired) electrons. The third-order valence-corrected chi connectivity index (χ3v) is 3.84. The lowest BCUT2D eigenvalue weighted by atomic mass is 9.81. The van der Waals surface area contributed by atoms with Crippen LogP contribution in [0.3, 0.4) is 0 Å². The van der Waals surface area contributed by atoms with Crippen LogP contribution in [0.2, 0.25) is 0 Å². The van der Waals surface area contributed by atoms with E-state index in [4.69, 9.17) is 0 Å². The molecule has 1 saturated heterocycles. The molecule has 1 heterocycles. The van der Waals surface area contributed by atoms with Gasteiger partial charge in [0.1, 0.15) is 5.78 Å². The zero-order chi connectivity index (χ0) is 11.7. The van der Waals surface area contributed by atoms with E-state index in [2.05, 4.69) is 6.92 Å². The molecular weight excluding hydrogens is 206 g/mol. The molecule has 0 spiro atoms. The van der Waals surface area contributed by atoms with E-state index in [1.165, 1.54) is 0 Å². The fourth-order valence-electron chi connectivity index (χ4n) is 2.81. The average Bonchev–Trinajstić information content (AvgIpc) is 2.52. The van der Waals surface area contributed by atoms with E-state index in [9.17, 15) is 15.0 Å². The van der Waals surface area contributed by atoms with E-state index in [-0.39, 0.29) is 5.92 Å². The Labute approximate surface area is 96.3 Å². The Balaban J connectivity index is 1.87. The minimum atomic E-state index is -0.642. The predicted octanol–water partition coefficient (Wildman–Crippen LogP) is 0.0291. The number of carbonyl (C=O) groups excluding carboxylic acids is 1. The van der Waals surface area contributed by atoms with E-state index < -0.39 is 12.2 Å². The van der Waals surface area contributed by atoms with E-state index in [0.717, 1.165) is 12.8 Å².